The second-order valence-electron chi connectivity index (χ2n) is 4.70. The van der Waals surface area contributed by atoms with E-state index in [9.17, 15) is 4.39 Å². The predicted octanol–water partition coefficient (Wildman–Crippen LogP) is 3.25. The van der Waals surface area contributed by atoms with Crippen LogP contribution < -0.4 is 11.3 Å². The second-order valence-corrected chi connectivity index (χ2v) is 4.70. The number of hydrazine groups is 1. The summed E-state index contributed by atoms with van der Waals surface area (Å²) in [5.74, 6) is 5.41. The molecular formula is C16H19FN2. The summed E-state index contributed by atoms with van der Waals surface area (Å²) in [6.45, 7) is 4.07. The van der Waals surface area contributed by atoms with Crippen molar-refractivity contribution in [3.8, 4) is 0 Å². The third kappa shape index (κ3) is 3.00. The van der Waals surface area contributed by atoms with E-state index in [1.54, 1.807) is 6.07 Å². The normalized spacial score (nSPS) is 12.4. The molecule has 2 nitrogen and oxygen atoms in total. The molecule has 0 heterocycles. The van der Waals surface area contributed by atoms with Gasteiger partial charge in [0, 0.05) is 0 Å². The van der Waals surface area contributed by atoms with Crippen molar-refractivity contribution in [2.24, 2.45) is 5.84 Å². The minimum Gasteiger partial charge on any atom is -0.271 e. The van der Waals surface area contributed by atoms with Crippen molar-refractivity contribution in [1.82, 2.24) is 5.43 Å². The molecule has 0 aliphatic heterocycles. The smallest absolute Gasteiger partial charge is 0.123 e. The number of nitrogens with one attached hydrogen (secondary N) is 1. The van der Waals surface area contributed by atoms with Crippen LogP contribution >= 0.6 is 0 Å². The molecule has 2 aromatic carbocycles. The molecule has 3 heteroatoms. The summed E-state index contributed by atoms with van der Waals surface area (Å²) in [7, 11) is 0. The molecule has 0 fully saturated rings. The fourth-order valence-corrected chi connectivity index (χ4v) is 2.23. The third-order valence-corrected chi connectivity index (χ3v) is 3.44. The van der Waals surface area contributed by atoms with Gasteiger partial charge in [-0.2, -0.15) is 0 Å². The minimum absolute atomic E-state index is 0.193. The van der Waals surface area contributed by atoms with Crippen LogP contribution in [-0.2, 0) is 6.42 Å². The molecular weight excluding hydrogens is 239 g/mol. The fourth-order valence-electron chi connectivity index (χ4n) is 2.23. The van der Waals surface area contributed by atoms with Crippen LogP contribution in [-0.4, -0.2) is 0 Å². The van der Waals surface area contributed by atoms with Gasteiger partial charge in [0.25, 0.3) is 0 Å². The first-order chi connectivity index (χ1) is 9.15. The Kier molecular flexibility index (Phi) is 4.30. The summed E-state index contributed by atoms with van der Waals surface area (Å²) < 4.78 is 13.4. The maximum absolute atomic E-state index is 13.4. The lowest BCUT2D eigenvalue weighted by Crippen LogP contribution is -2.29. The van der Waals surface area contributed by atoms with Crippen molar-refractivity contribution < 1.29 is 4.39 Å². The van der Waals surface area contributed by atoms with Crippen LogP contribution in [0.4, 0.5) is 4.39 Å². The topological polar surface area (TPSA) is 38.0 Å². The Hall–Kier alpha value is -1.71. The Morgan fingerprint density at radius 3 is 2.42 bits per heavy atom. The Morgan fingerprint density at radius 2 is 1.84 bits per heavy atom. The van der Waals surface area contributed by atoms with Gasteiger partial charge in [-0.1, -0.05) is 37.3 Å². The number of aryl methyl sites for hydroxylation is 2. The van der Waals surface area contributed by atoms with Crippen LogP contribution in [0.3, 0.4) is 0 Å². The van der Waals surface area contributed by atoms with Crippen LogP contribution in [0.1, 0.15) is 35.2 Å². The number of rotatable bonds is 4. The van der Waals surface area contributed by atoms with Crippen molar-refractivity contribution >= 4 is 0 Å². The zero-order chi connectivity index (χ0) is 13.8. The molecule has 0 bridgehead atoms. The minimum atomic E-state index is -0.244. The average Bonchev–Trinajstić information content (AvgIpc) is 2.44. The Morgan fingerprint density at radius 1 is 1.16 bits per heavy atom. The van der Waals surface area contributed by atoms with E-state index in [2.05, 4.69) is 24.5 Å². The van der Waals surface area contributed by atoms with Gasteiger partial charge < -0.3 is 0 Å². The molecule has 2 aromatic rings. The van der Waals surface area contributed by atoms with Crippen molar-refractivity contribution in [1.29, 1.82) is 0 Å². The highest BCUT2D eigenvalue weighted by atomic mass is 19.1. The molecule has 3 N–H and O–H groups in total. The lowest BCUT2D eigenvalue weighted by Gasteiger charge is -2.19. The van der Waals surface area contributed by atoms with Gasteiger partial charge in [0.15, 0.2) is 0 Å². The van der Waals surface area contributed by atoms with Gasteiger partial charge in [0.2, 0.25) is 0 Å². The van der Waals surface area contributed by atoms with Crippen molar-refractivity contribution in [2.75, 3.05) is 0 Å². The first kappa shape index (κ1) is 13.7. The summed E-state index contributed by atoms with van der Waals surface area (Å²) >= 11 is 0. The molecule has 1 unspecified atom stereocenters. The summed E-state index contributed by atoms with van der Waals surface area (Å²) in [6, 6.07) is 12.8. The van der Waals surface area contributed by atoms with Crippen LogP contribution in [0.25, 0.3) is 0 Å². The molecule has 19 heavy (non-hydrogen) atoms. The van der Waals surface area contributed by atoms with Gasteiger partial charge in [-0.3, -0.25) is 5.84 Å². The molecule has 0 aromatic heterocycles. The molecule has 0 saturated heterocycles. The van der Waals surface area contributed by atoms with Gasteiger partial charge in [0.1, 0.15) is 5.82 Å². The molecule has 100 valence electrons. The maximum atomic E-state index is 13.4. The third-order valence-electron chi connectivity index (χ3n) is 3.44. The van der Waals surface area contributed by atoms with E-state index < -0.39 is 0 Å². The van der Waals surface area contributed by atoms with E-state index in [1.165, 1.54) is 17.7 Å². The monoisotopic (exact) mass is 258 g/mol. The quantitative estimate of drug-likeness (QED) is 0.652. The lowest BCUT2D eigenvalue weighted by molar-refractivity contribution is 0.602. The fraction of sp³-hybridized carbons (Fsp3) is 0.250. The van der Waals surface area contributed by atoms with Gasteiger partial charge in [-0.15, -0.1) is 0 Å². The van der Waals surface area contributed by atoms with E-state index in [4.69, 9.17) is 5.84 Å². The number of hydrogen-bond acceptors (Lipinski definition) is 2. The summed E-state index contributed by atoms with van der Waals surface area (Å²) in [4.78, 5) is 0. The molecule has 0 spiro atoms. The highest BCUT2D eigenvalue weighted by Gasteiger charge is 2.15. The summed E-state index contributed by atoms with van der Waals surface area (Å²) in [5.41, 5.74) is 6.97. The largest absolute Gasteiger partial charge is 0.271 e. The van der Waals surface area contributed by atoms with E-state index in [-0.39, 0.29) is 11.9 Å². The standard InChI is InChI=1S/C16H19FN2/c1-3-12-5-7-13(8-6-12)16(19-18)15-10-14(17)9-4-11(15)2/h4-10,16,19H,3,18H2,1-2H3. The zero-order valence-electron chi connectivity index (χ0n) is 11.3. The number of benzene rings is 2. The predicted molar refractivity (Wildman–Crippen MR) is 76.1 cm³/mol. The number of nitrogens with two attached hydrogens (primary N) is 1. The van der Waals surface area contributed by atoms with Crippen LogP contribution in [0.2, 0.25) is 0 Å². The Bertz CT molecular complexity index is 549. The highest BCUT2D eigenvalue weighted by Crippen LogP contribution is 2.25. The first-order valence-corrected chi connectivity index (χ1v) is 6.46. The number of hydrogen-bond donors (Lipinski definition) is 2. The molecule has 1 atom stereocenters. The molecule has 2 rings (SSSR count). The number of halogens is 1. The highest BCUT2D eigenvalue weighted by molar-refractivity contribution is 5.38. The SMILES string of the molecule is CCc1ccc(C(NN)c2cc(F)ccc2C)cc1. The summed E-state index contributed by atoms with van der Waals surface area (Å²) in [5, 5.41) is 0. The first-order valence-electron chi connectivity index (χ1n) is 6.46. The van der Waals surface area contributed by atoms with Crippen LogP contribution in [0, 0.1) is 12.7 Å². The van der Waals surface area contributed by atoms with E-state index >= 15 is 0 Å². The van der Waals surface area contributed by atoms with Gasteiger partial charge in [-0.25, -0.2) is 9.82 Å². The molecule has 0 saturated carbocycles. The van der Waals surface area contributed by atoms with E-state index in [0.29, 0.717) is 0 Å². The zero-order valence-corrected chi connectivity index (χ0v) is 11.3. The molecule has 0 aliphatic rings. The van der Waals surface area contributed by atoms with Crippen LogP contribution in [0.15, 0.2) is 42.5 Å². The van der Waals surface area contributed by atoms with Gasteiger partial charge in [0.05, 0.1) is 6.04 Å². The Labute approximate surface area is 113 Å². The average molecular weight is 258 g/mol. The second kappa shape index (κ2) is 5.95. The van der Waals surface area contributed by atoms with Crippen molar-refractivity contribution in [2.45, 2.75) is 26.3 Å². The molecule has 0 radical (unpaired) electrons. The van der Waals surface area contributed by atoms with Gasteiger partial charge in [-0.05, 0) is 47.7 Å². The van der Waals surface area contributed by atoms with Crippen molar-refractivity contribution in [3.05, 3.63) is 70.5 Å². The van der Waals surface area contributed by atoms with E-state index in [1.807, 2.05) is 19.1 Å². The maximum Gasteiger partial charge on any atom is 0.123 e. The molecule has 0 aliphatic carbocycles. The molecule has 0 amide bonds. The van der Waals surface area contributed by atoms with Gasteiger partial charge >= 0.3 is 0 Å². The van der Waals surface area contributed by atoms with Crippen molar-refractivity contribution in [3.63, 3.8) is 0 Å². The Balaban J connectivity index is 2.40. The van der Waals surface area contributed by atoms with E-state index in [0.717, 1.165) is 23.1 Å². The summed E-state index contributed by atoms with van der Waals surface area (Å²) in [6.07, 6.45) is 1.000. The lowest BCUT2D eigenvalue weighted by atomic mass is 9.94. The van der Waals surface area contributed by atoms with Crippen LogP contribution in [0.5, 0.6) is 0 Å².